The van der Waals surface area contributed by atoms with Crippen LogP contribution in [0.15, 0.2) is 127 Å². The van der Waals surface area contributed by atoms with Crippen LogP contribution in [0.1, 0.15) is 113 Å². The van der Waals surface area contributed by atoms with Crippen molar-refractivity contribution in [3.05, 3.63) is 161 Å². The first-order valence-corrected chi connectivity index (χ1v) is 22.6. The van der Waals surface area contributed by atoms with Crippen LogP contribution in [0.5, 0.6) is 11.5 Å². The smallest absolute Gasteiger partial charge is 0.155 e. The lowest BCUT2D eigenvalue weighted by molar-refractivity contribution is -0.235. The van der Waals surface area contributed by atoms with Gasteiger partial charge in [0.25, 0.3) is 0 Å². The molecule has 7 aliphatic rings. The molecule has 6 atom stereocenters. The molecule has 6 aliphatic carbocycles. The summed E-state index contributed by atoms with van der Waals surface area (Å²) >= 11 is 0. The molecule has 13 rings (SSSR count). The van der Waals surface area contributed by atoms with E-state index in [2.05, 4.69) is 174 Å². The Kier molecular flexibility index (Phi) is 6.59. The van der Waals surface area contributed by atoms with Crippen molar-refractivity contribution in [2.24, 2.45) is 29.1 Å². The molecular weight excluding hydrogens is 715 g/mol. The third-order valence-corrected chi connectivity index (χ3v) is 17.9. The lowest BCUT2D eigenvalue weighted by atomic mass is 9.26. The van der Waals surface area contributed by atoms with Crippen molar-refractivity contribution >= 4 is 17.1 Å². The van der Waals surface area contributed by atoms with Gasteiger partial charge in [-0.05, 0) is 165 Å². The van der Waals surface area contributed by atoms with E-state index >= 15 is 0 Å². The average Bonchev–Trinajstić information content (AvgIpc) is 3.85. The van der Waals surface area contributed by atoms with Gasteiger partial charge in [0.2, 0.25) is 0 Å². The molecule has 0 N–H and O–H groups in total. The molecule has 0 amide bonds. The minimum atomic E-state index is -0.107. The highest BCUT2D eigenvalue weighted by atomic mass is 16.5. The van der Waals surface area contributed by atoms with Gasteiger partial charge in [-0.25, -0.2) is 0 Å². The second-order valence-electron chi connectivity index (χ2n) is 21.6. The van der Waals surface area contributed by atoms with Crippen molar-refractivity contribution in [3.63, 3.8) is 0 Å². The van der Waals surface area contributed by atoms with Crippen LogP contribution in [0, 0.1) is 29.1 Å². The van der Waals surface area contributed by atoms with E-state index in [1.807, 2.05) is 0 Å². The van der Waals surface area contributed by atoms with Gasteiger partial charge in [-0.1, -0.05) is 126 Å². The molecule has 2 heteroatoms. The minimum absolute atomic E-state index is 0.0372. The molecule has 2 bridgehead atoms. The first kappa shape index (κ1) is 34.8. The molecule has 6 aromatic rings. The van der Waals surface area contributed by atoms with E-state index in [1.165, 1.54) is 106 Å². The molecule has 6 unspecified atom stereocenters. The summed E-state index contributed by atoms with van der Waals surface area (Å²) in [5, 5.41) is 0. The standard InChI is InChI=1S/C57H55NO/c1-53(2)25-26-54(3,4)46-32-39(21-23-43(46)53)58(38-20-22-41-40-15-10-11-16-42(40)55(5,6)45(41)31-38)48-18-12-17-44-52(48)59-49-24-19-36(35-13-8-7-9-14-35)29-47(49)57(44)50-28-34-27-37-30-51(57)56(37,50)33-34/h7-24,29,31-32,34,37,50-51H,25-28,30,33H2,1-6H3. The number of hydrogen-bond acceptors (Lipinski definition) is 2. The first-order chi connectivity index (χ1) is 28.4. The van der Waals surface area contributed by atoms with Crippen molar-refractivity contribution in [1.82, 2.24) is 0 Å². The van der Waals surface area contributed by atoms with Crippen LogP contribution >= 0.6 is 0 Å². The number of rotatable bonds is 4. The van der Waals surface area contributed by atoms with Gasteiger partial charge in [-0.2, -0.15) is 0 Å². The van der Waals surface area contributed by atoms with Crippen molar-refractivity contribution in [2.75, 3.05) is 4.90 Å². The van der Waals surface area contributed by atoms with Gasteiger partial charge >= 0.3 is 0 Å². The van der Waals surface area contributed by atoms with Crippen LogP contribution in [0.25, 0.3) is 22.3 Å². The molecule has 2 nitrogen and oxygen atoms in total. The van der Waals surface area contributed by atoms with E-state index in [0.29, 0.717) is 17.3 Å². The predicted octanol–water partition coefficient (Wildman–Crippen LogP) is 14.9. The van der Waals surface area contributed by atoms with Crippen molar-refractivity contribution in [1.29, 1.82) is 0 Å². The third-order valence-electron chi connectivity index (χ3n) is 17.9. The number of fused-ring (bicyclic) bond motifs is 11. The first-order valence-electron chi connectivity index (χ1n) is 22.6. The zero-order valence-electron chi connectivity index (χ0n) is 35.5. The largest absolute Gasteiger partial charge is 0.455 e. The summed E-state index contributed by atoms with van der Waals surface area (Å²) < 4.78 is 7.48. The highest BCUT2D eigenvalue weighted by molar-refractivity contribution is 5.88. The van der Waals surface area contributed by atoms with Gasteiger partial charge < -0.3 is 9.64 Å². The molecule has 294 valence electrons. The van der Waals surface area contributed by atoms with Crippen LogP contribution in [-0.4, -0.2) is 0 Å². The van der Waals surface area contributed by atoms with Crippen molar-refractivity contribution < 1.29 is 4.74 Å². The van der Waals surface area contributed by atoms with Crippen LogP contribution < -0.4 is 9.64 Å². The Morgan fingerprint density at radius 1 is 0.525 bits per heavy atom. The normalized spacial score (nSPS) is 29.5. The van der Waals surface area contributed by atoms with Gasteiger partial charge in [-0.3, -0.25) is 0 Å². The lowest BCUT2D eigenvalue weighted by Gasteiger charge is -2.77. The number of para-hydroxylation sites is 1. The summed E-state index contributed by atoms with van der Waals surface area (Å²) in [4.78, 5) is 2.58. The molecule has 4 saturated carbocycles. The Balaban J connectivity index is 1.05. The van der Waals surface area contributed by atoms with Crippen molar-refractivity contribution in [2.45, 2.75) is 102 Å². The SMILES string of the molecule is CC1(C)CCC(C)(C)c2cc(N(c3ccc4c(c3)C(C)(C)c3ccccc3-4)c3cccc4c3Oc3ccc(-c5ccccc5)cc3C43C4CC5CC6CC3C64C5)ccc21. The van der Waals surface area contributed by atoms with Gasteiger partial charge in [0, 0.05) is 33.3 Å². The minimum Gasteiger partial charge on any atom is -0.455 e. The summed E-state index contributed by atoms with van der Waals surface area (Å²) in [6, 6.07) is 49.1. The molecule has 4 fully saturated rings. The fraction of sp³-hybridized carbons (Fsp3) is 0.368. The fourth-order valence-electron chi connectivity index (χ4n) is 15.1. The van der Waals surface area contributed by atoms with Gasteiger partial charge in [0.05, 0.1) is 5.69 Å². The van der Waals surface area contributed by atoms with E-state index in [0.717, 1.165) is 29.0 Å². The van der Waals surface area contributed by atoms with Gasteiger partial charge in [0.1, 0.15) is 5.75 Å². The average molecular weight is 770 g/mol. The second-order valence-corrected chi connectivity index (χ2v) is 21.6. The predicted molar refractivity (Wildman–Crippen MR) is 242 cm³/mol. The Labute approximate surface area is 350 Å². The number of nitrogens with zero attached hydrogens (tertiary/aromatic N) is 1. The molecule has 6 aromatic carbocycles. The topological polar surface area (TPSA) is 12.5 Å². The molecule has 59 heavy (non-hydrogen) atoms. The molecule has 1 heterocycles. The highest BCUT2D eigenvalue weighted by Crippen LogP contribution is 2.89. The van der Waals surface area contributed by atoms with Crippen LogP contribution in [-0.2, 0) is 21.7 Å². The third kappa shape index (κ3) is 4.19. The number of ether oxygens (including phenoxy) is 1. The number of anilines is 3. The zero-order chi connectivity index (χ0) is 39.8. The molecule has 0 aromatic heterocycles. The molecular formula is C57H55NO. The monoisotopic (exact) mass is 769 g/mol. The van der Waals surface area contributed by atoms with Crippen LogP contribution in [0.4, 0.5) is 17.1 Å². The zero-order valence-corrected chi connectivity index (χ0v) is 35.5. The van der Waals surface area contributed by atoms with Gasteiger partial charge in [0.15, 0.2) is 5.75 Å². The number of hydrogen-bond donors (Lipinski definition) is 0. The Hall–Kier alpha value is -5.08. The Bertz CT molecular complexity index is 2790. The van der Waals surface area contributed by atoms with Crippen LogP contribution in [0.2, 0.25) is 0 Å². The maximum Gasteiger partial charge on any atom is 0.155 e. The summed E-state index contributed by atoms with van der Waals surface area (Å²) in [6.07, 6.45) is 8.00. The van der Waals surface area contributed by atoms with Crippen LogP contribution in [0.3, 0.4) is 0 Å². The van der Waals surface area contributed by atoms with E-state index in [9.17, 15) is 0 Å². The van der Waals surface area contributed by atoms with E-state index in [-0.39, 0.29) is 21.7 Å². The summed E-state index contributed by atoms with van der Waals surface area (Å²) in [5.74, 6) is 5.25. The lowest BCUT2D eigenvalue weighted by Crippen LogP contribution is -2.74. The summed E-state index contributed by atoms with van der Waals surface area (Å²) in [5.41, 5.74) is 18.1. The van der Waals surface area contributed by atoms with E-state index in [4.69, 9.17) is 4.74 Å². The Morgan fingerprint density at radius 2 is 1.22 bits per heavy atom. The second kappa shape index (κ2) is 11.2. The Morgan fingerprint density at radius 3 is 2.03 bits per heavy atom. The van der Waals surface area contributed by atoms with E-state index < -0.39 is 0 Å². The summed E-state index contributed by atoms with van der Waals surface area (Å²) in [7, 11) is 0. The van der Waals surface area contributed by atoms with Gasteiger partial charge in [-0.15, -0.1) is 0 Å². The summed E-state index contributed by atoms with van der Waals surface area (Å²) in [6.45, 7) is 14.6. The number of benzene rings is 6. The highest BCUT2D eigenvalue weighted by Gasteiger charge is 2.84. The molecule has 0 radical (unpaired) electrons. The molecule has 1 aliphatic heterocycles. The quantitative estimate of drug-likeness (QED) is 0.177. The maximum absolute atomic E-state index is 7.48. The van der Waals surface area contributed by atoms with Crippen molar-refractivity contribution in [3.8, 4) is 33.8 Å². The maximum atomic E-state index is 7.48. The molecule has 0 saturated heterocycles. The molecule has 2 spiro atoms. The fourth-order valence-corrected chi connectivity index (χ4v) is 15.1. The van der Waals surface area contributed by atoms with E-state index in [1.54, 1.807) is 0 Å².